The molecule has 1 aromatic rings. The maximum absolute atomic E-state index is 3.47. The van der Waals surface area contributed by atoms with Crippen LogP contribution >= 0.6 is 0 Å². The number of anilines is 1. The predicted octanol–water partition coefficient (Wildman–Crippen LogP) is -1.27. The van der Waals surface area contributed by atoms with E-state index in [9.17, 15) is 0 Å². The summed E-state index contributed by atoms with van der Waals surface area (Å²) in [7, 11) is 0. The van der Waals surface area contributed by atoms with Gasteiger partial charge in [0.15, 0.2) is 0 Å². The van der Waals surface area contributed by atoms with E-state index in [-0.39, 0.29) is 0 Å². The number of rotatable bonds is 0. The summed E-state index contributed by atoms with van der Waals surface area (Å²) in [5.74, 6) is 0.699. The standard InChI is InChI=1S/C9H13As2N/c1-5-4-12-9-7(5)2-6(10)3-8(9)11/h2-3,5,12H,4,10-11H2,1H3. The molecule has 0 saturated heterocycles. The van der Waals surface area contributed by atoms with E-state index in [1.165, 1.54) is 20.0 Å². The maximum atomic E-state index is 3.47. The molecule has 1 aromatic carbocycles. The van der Waals surface area contributed by atoms with Crippen molar-refractivity contribution >= 4 is 48.1 Å². The average Bonchev–Trinajstić information content (AvgIpc) is 2.33. The Hall–Kier alpha value is 0.137. The van der Waals surface area contributed by atoms with Crippen LogP contribution < -0.4 is 14.0 Å². The van der Waals surface area contributed by atoms with Gasteiger partial charge in [-0.3, -0.25) is 0 Å². The molecule has 3 heteroatoms. The molecule has 0 radical (unpaired) electrons. The summed E-state index contributed by atoms with van der Waals surface area (Å²) >= 11 is 3.45. The molecule has 0 aliphatic carbocycles. The molecular weight excluding hydrogens is 272 g/mol. The van der Waals surface area contributed by atoms with Crippen molar-refractivity contribution in [1.82, 2.24) is 0 Å². The van der Waals surface area contributed by atoms with Gasteiger partial charge in [0.05, 0.1) is 0 Å². The minimum atomic E-state index is 0.699. The summed E-state index contributed by atoms with van der Waals surface area (Å²) in [6.45, 7) is 3.40. The van der Waals surface area contributed by atoms with E-state index in [0.29, 0.717) is 5.92 Å². The van der Waals surface area contributed by atoms with E-state index in [4.69, 9.17) is 0 Å². The Labute approximate surface area is 90.3 Å². The topological polar surface area (TPSA) is 12.0 Å². The van der Waals surface area contributed by atoms with Gasteiger partial charge in [-0.25, -0.2) is 0 Å². The second-order valence-electron chi connectivity index (χ2n) is 3.36. The quantitative estimate of drug-likeness (QED) is 0.586. The zero-order valence-electron chi connectivity index (χ0n) is 7.09. The Morgan fingerprint density at radius 1 is 1.42 bits per heavy atom. The first-order valence-corrected chi connectivity index (χ1v) is 6.53. The minimum absolute atomic E-state index is 0.699. The van der Waals surface area contributed by atoms with Crippen LogP contribution in [0.4, 0.5) is 5.69 Å². The van der Waals surface area contributed by atoms with E-state index in [0.717, 1.165) is 6.54 Å². The van der Waals surface area contributed by atoms with Crippen LogP contribution in [0.3, 0.4) is 0 Å². The van der Waals surface area contributed by atoms with Crippen molar-refractivity contribution in [2.75, 3.05) is 11.9 Å². The van der Waals surface area contributed by atoms with Crippen molar-refractivity contribution < 1.29 is 0 Å². The number of hydrogen-bond donors (Lipinski definition) is 1. The molecule has 2 rings (SSSR count). The zero-order chi connectivity index (χ0) is 8.72. The molecule has 0 fully saturated rings. The third kappa shape index (κ3) is 1.34. The molecule has 3 atom stereocenters. The van der Waals surface area contributed by atoms with Crippen molar-refractivity contribution in [3.05, 3.63) is 17.7 Å². The number of benzene rings is 1. The number of fused-ring (bicyclic) bond motifs is 1. The van der Waals surface area contributed by atoms with Gasteiger partial charge < -0.3 is 0 Å². The van der Waals surface area contributed by atoms with Crippen LogP contribution in [0, 0.1) is 0 Å². The fourth-order valence-corrected chi connectivity index (χ4v) is 4.24. The summed E-state index contributed by atoms with van der Waals surface area (Å²) in [6, 6.07) is 4.63. The molecule has 64 valence electrons. The van der Waals surface area contributed by atoms with Crippen LogP contribution in [-0.2, 0) is 0 Å². The summed E-state index contributed by atoms with van der Waals surface area (Å²) in [6.07, 6.45) is 0. The van der Waals surface area contributed by atoms with Gasteiger partial charge in [0.1, 0.15) is 0 Å². The SMILES string of the molecule is CC1CNc2c([AsH2])cc([AsH2])cc21. The van der Waals surface area contributed by atoms with Crippen molar-refractivity contribution in [3.63, 3.8) is 0 Å². The van der Waals surface area contributed by atoms with Crippen LogP contribution in [0.2, 0.25) is 0 Å². The van der Waals surface area contributed by atoms with E-state index < -0.39 is 0 Å². The van der Waals surface area contributed by atoms with E-state index in [1.807, 2.05) is 0 Å². The molecule has 1 aliphatic heterocycles. The third-order valence-electron chi connectivity index (χ3n) is 2.34. The molecule has 1 nitrogen and oxygen atoms in total. The normalized spacial score (nSPS) is 20.4. The number of nitrogens with one attached hydrogen (secondary N) is 1. The van der Waals surface area contributed by atoms with Gasteiger partial charge in [-0.05, 0) is 0 Å². The summed E-state index contributed by atoms with van der Waals surface area (Å²) in [5.41, 5.74) is 2.93. The molecular formula is C9H13As2N. The predicted molar refractivity (Wildman–Crippen MR) is 59.7 cm³/mol. The molecule has 0 spiro atoms. The monoisotopic (exact) mass is 285 g/mol. The Kier molecular flexibility index (Phi) is 2.27. The van der Waals surface area contributed by atoms with E-state index in [1.54, 1.807) is 33.7 Å². The Morgan fingerprint density at radius 2 is 2.17 bits per heavy atom. The zero-order valence-corrected chi connectivity index (χ0v) is 11.9. The van der Waals surface area contributed by atoms with E-state index in [2.05, 4.69) is 24.4 Å². The summed E-state index contributed by atoms with van der Waals surface area (Å²) < 4.78 is 2.92. The van der Waals surface area contributed by atoms with Crippen molar-refractivity contribution in [3.8, 4) is 0 Å². The molecule has 1 heterocycles. The molecule has 0 aromatic heterocycles. The van der Waals surface area contributed by atoms with Gasteiger partial charge in [0.25, 0.3) is 0 Å². The Morgan fingerprint density at radius 3 is 2.92 bits per heavy atom. The van der Waals surface area contributed by atoms with Gasteiger partial charge >= 0.3 is 90.5 Å². The van der Waals surface area contributed by atoms with Crippen LogP contribution in [-0.4, -0.2) is 40.3 Å². The first-order valence-electron chi connectivity index (χ1n) is 4.11. The first kappa shape index (κ1) is 8.72. The van der Waals surface area contributed by atoms with Gasteiger partial charge in [-0.1, -0.05) is 0 Å². The molecule has 1 aliphatic rings. The number of hydrogen-bond acceptors (Lipinski definition) is 1. The van der Waals surface area contributed by atoms with Crippen molar-refractivity contribution in [2.24, 2.45) is 0 Å². The fourth-order valence-electron chi connectivity index (χ4n) is 1.67. The summed E-state index contributed by atoms with van der Waals surface area (Å²) in [5, 5.41) is 3.47. The van der Waals surface area contributed by atoms with Crippen LogP contribution in [0.5, 0.6) is 0 Å². The Bertz CT molecular complexity index is 323. The van der Waals surface area contributed by atoms with Crippen molar-refractivity contribution in [1.29, 1.82) is 0 Å². The molecule has 3 unspecified atom stereocenters. The van der Waals surface area contributed by atoms with Crippen LogP contribution in [0.1, 0.15) is 18.4 Å². The Balaban J connectivity index is 2.60. The third-order valence-corrected chi connectivity index (χ3v) is 3.99. The van der Waals surface area contributed by atoms with Gasteiger partial charge in [-0.2, -0.15) is 0 Å². The van der Waals surface area contributed by atoms with Gasteiger partial charge in [0, 0.05) is 0 Å². The van der Waals surface area contributed by atoms with Crippen LogP contribution in [0.25, 0.3) is 0 Å². The summed E-state index contributed by atoms with van der Waals surface area (Å²) in [4.78, 5) is 0. The molecule has 1 N–H and O–H groups in total. The van der Waals surface area contributed by atoms with Crippen molar-refractivity contribution in [2.45, 2.75) is 12.8 Å². The molecule has 0 bridgehead atoms. The van der Waals surface area contributed by atoms with Gasteiger partial charge in [0.2, 0.25) is 0 Å². The first-order chi connectivity index (χ1) is 5.68. The average molecular weight is 285 g/mol. The molecule has 0 amide bonds. The van der Waals surface area contributed by atoms with Gasteiger partial charge in [-0.15, -0.1) is 0 Å². The molecule has 12 heavy (non-hydrogen) atoms. The van der Waals surface area contributed by atoms with Crippen LogP contribution in [0.15, 0.2) is 12.1 Å². The second kappa shape index (κ2) is 3.12. The van der Waals surface area contributed by atoms with E-state index >= 15 is 0 Å². The molecule has 0 saturated carbocycles. The fraction of sp³-hybridized carbons (Fsp3) is 0.333. The second-order valence-corrected chi connectivity index (χ2v) is 6.06.